The van der Waals surface area contributed by atoms with Gasteiger partial charge in [-0.25, -0.2) is 12.8 Å². The molecule has 1 aromatic carbocycles. The monoisotopic (exact) mass is 351 g/mol. The van der Waals surface area contributed by atoms with Crippen LogP contribution in [0.1, 0.15) is 12.8 Å². The first-order valence-electron chi connectivity index (χ1n) is 5.54. The lowest BCUT2D eigenvalue weighted by molar-refractivity contribution is -0.140. The second kappa shape index (κ2) is 5.18. The highest BCUT2D eigenvalue weighted by Crippen LogP contribution is 2.30. The second-order valence-corrected chi connectivity index (χ2v) is 6.90. The van der Waals surface area contributed by atoms with Crippen molar-refractivity contribution in [1.29, 1.82) is 0 Å². The van der Waals surface area contributed by atoms with E-state index in [4.69, 9.17) is 5.11 Å². The fraction of sp³-hybridized carbons (Fsp3) is 0.364. The van der Waals surface area contributed by atoms with Crippen LogP contribution in [0, 0.1) is 5.82 Å². The van der Waals surface area contributed by atoms with Gasteiger partial charge in [-0.05, 0) is 47.0 Å². The lowest BCUT2D eigenvalue weighted by atomic mass is 10.2. The average Bonchev–Trinajstić information content (AvgIpc) is 2.82. The minimum atomic E-state index is -4.02. The number of carbonyl (C=O) groups is 1. The largest absolute Gasteiger partial charge is 0.480 e. The first-order valence-corrected chi connectivity index (χ1v) is 7.77. The molecule has 1 N–H and O–H groups in total. The fourth-order valence-corrected chi connectivity index (χ4v) is 4.66. The van der Waals surface area contributed by atoms with Crippen LogP contribution >= 0.6 is 15.9 Å². The van der Waals surface area contributed by atoms with Crippen LogP contribution in [0.2, 0.25) is 0 Å². The number of halogens is 2. The van der Waals surface area contributed by atoms with Gasteiger partial charge in [0.05, 0.1) is 4.90 Å². The van der Waals surface area contributed by atoms with Crippen LogP contribution in [0.25, 0.3) is 0 Å². The van der Waals surface area contributed by atoms with E-state index in [1.165, 1.54) is 6.07 Å². The number of hydrogen-bond donors (Lipinski definition) is 1. The van der Waals surface area contributed by atoms with E-state index in [0.29, 0.717) is 6.42 Å². The molecule has 0 aliphatic carbocycles. The molecule has 1 saturated heterocycles. The Hall–Kier alpha value is -0.990. The van der Waals surface area contributed by atoms with E-state index >= 15 is 0 Å². The van der Waals surface area contributed by atoms with Crippen molar-refractivity contribution in [3.63, 3.8) is 0 Å². The van der Waals surface area contributed by atoms with Crippen LogP contribution in [0.3, 0.4) is 0 Å². The fourth-order valence-electron chi connectivity index (χ4n) is 2.08. The number of carboxylic acids is 1. The molecule has 0 saturated carbocycles. The molecule has 1 heterocycles. The van der Waals surface area contributed by atoms with Gasteiger partial charge in [-0.1, -0.05) is 0 Å². The molecule has 1 aliphatic heterocycles. The lowest BCUT2D eigenvalue weighted by Gasteiger charge is -2.21. The molecule has 104 valence electrons. The van der Waals surface area contributed by atoms with Gasteiger partial charge in [0.2, 0.25) is 10.0 Å². The number of hydrogen-bond acceptors (Lipinski definition) is 3. The minimum absolute atomic E-state index is 0.127. The molecule has 0 spiro atoms. The van der Waals surface area contributed by atoms with Crippen molar-refractivity contribution in [1.82, 2.24) is 4.31 Å². The van der Waals surface area contributed by atoms with Crippen LogP contribution in [-0.4, -0.2) is 36.4 Å². The van der Waals surface area contributed by atoms with Crippen LogP contribution in [0.5, 0.6) is 0 Å². The van der Waals surface area contributed by atoms with Crippen molar-refractivity contribution in [3.05, 3.63) is 28.5 Å². The highest BCUT2D eigenvalue weighted by atomic mass is 79.9. The van der Waals surface area contributed by atoms with Crippen LogP contribution in [0.15, 0.2) is 27.6 Å². The maximum Gasteiger partial charge on any atom is 0.322 e. The third kappa shape index (κ3) is 2.65. The molecule has 5 nitrogen and oxygen atoms in total. The molecule has 1 aromatic rings. The van der Waals surface area contributed by atoms with Gasteiger partial charge in [-0.15, -0.1) is 0 Å². The summed E-state index contributed by atoms with van der Waals surface area (Å²) in [5.74, 6) is -1.87. The Kier molecular flexibility index (Phi) is 3.93. The van der Waals surface area contributed by atoms with Gasteiger partial charge >= 0.3 is 5.97 Å². The van der Waals surface area contributed by atoms with E-state index < -0.39 is 27.9 Å². The summed E-state index contributed by atoms with van der Waals surface area (Å²) in [5, 5.41) is 9.03. The number of sulfonamides is 1. The molecule has 1 aliphatic rings. The van der Waals surface area contributed by atoms with Crippen LogP contribution < -0.4 is 0 Å². The molecule has 8 heteroatoms. The topological polar surface area (TPSA) is 74.7 Å². The minimum Gasteiger partial charge on any atom is -0.480 e. The Balaban J connectivity index is 2.48. The number of rotatable bonds is 3. The van der Waals surface area contributed by atoms with Crippen molar-refractivity contribution >= 4 is 31.9 Å². The summed E-state index contributed by atoms with van der Waals surface area (Å²) in [5.41, 5.74) is 0. The predicted molar refractivity (Wildman–Crippen MR) is 68.6 cm³/mol. The van der Waals surface area contributed by atoms with Gasteiger partial charge in [0.1, 0.15) is 11.9 Å². The van der Waals surface area contributed by atoms with Crippen molar-refractivity contribution in [2.45, 2.75) is 23.8 Å². The lowest BCUT2D eigenvalue weighted by Crippen LogP contribution is -2.40. The molecule has 0 radical (unpaired) electrons. The summed E-state index contributed by atoms with van der Waals surface area (Å²) in [4.78, 5) is 10.8. The van der Waals surface area contributed by atoms with E-state index in [0.717, 1.165) is 16.4 Å². The van der Waals surface area contributed by atoms with E-state index in [-0.39, 0.29) is 22.3 Å². The Morgan fingerprint density at radius 3 is 2.79 bits per heavy atom. The summed E-state index contributed by atoms with van der Waals surface area (Å²) < 4.78 is 39.1. The van der Waals surface area contributed by atoms with Gasteiger partial charge in [0.15, 0.2) is 0 Å². The third-order valence-electron chi connectivity index (χ3n) is 2.97. The number of carboxylic acid groups (broad SMARTS) is 1. The Bertz CT molecular complexity index is 619. The Morgan fingerprint density at radius 2 is 2.16 bits per heavy atom. The van der Waals surface area contributed by atoms with Crippen molar-refractivity contribution in [2.24, 2.45) is 0 Å². The van der Waals surface area contributed by atoms with E-state index in [1.54, 1.807) is 0 Å². The Morgan fingerprint density at radius 1 is 1.47 bits per heavy atom. The molecule has 0 amide bonds. The summed E-state index contributed by atoms with van der Waals surface area (Å²) >= 11 is 3.05. The van der Waals surface area contributed by atoms with Gasteiger partial charge in [0, 0.05) is 11.0 Å². The molecule has 2 rings (SSSR count). The average molecular weight is 352 g/mol. The normalized spacial score (nSPS) is 20.6. The molecular weight excluding hydrogens is 341 g/mol. The third-order valence-corrected chi connectivity index (χ3v) is 5.87. The summed E-state index contributed by atoms with van der Waals surface area (Å²) in [6.45, 7) is 0.127. The maximum atomic E-state index is 13.2. The van der Waals surface area contributed by atoms with Gasteiger partial charge in [-0.3, -0.25) is 4.79 Å². The first-order chi connectivity index (χ1) is 8.84. The second-order valence-electron chi connectivity index (χ2n) is 4.19. The van der Waals surface area contributed by atoms with Crippen LogP contribution in [-0.2, 0) is 14.8 Å². The van der Waals surface area contributed by atoms with E-state index in [9.17, 15) is 17.6 Å². The molecule has 1 atom stereocenters. The summed E-state index contributed by atoms with van der Waals surface area (Å²) in [6.07, 6.45) is 0.741. The standard InChI is InChI=1S/C11H11BrFNO4S/c12-8-4-3-7(13)6-10(8)19(17,18)14-5-1-2-9(14)11(15)16/h3-4,6,9H,1-2,5H2,(H,15,16)/t9-/m0/s1. The molecule has 0 bridgehead atoms. The predicted octanol–water partition coefficient (Wildman–Crippen LogP) is 1.83. The number of nitrogens with zero attached hydrogens (tertiary/aromatic N) is 1. The van der Waals surface area contributed by atoms with E-state index in [1.807, 2.05) is 0 Å². The number of benzene rings is 1. The highest BCUT2D eigenvalue weighted by molar-refractivity contribution is 9.10. The number of aliphatic carboxylic acids is 1. The summed E-state index contributed by atoms with van der Waals surface area (Å²) in [6, 6.07) is 2.21. The summed E-state index contributed by atoms with van der Waals surface area (Å²) in [7, 11) is -4.02. The van der Waals surface area contributed by atoms with Gasteiger partial charge < -0.3 is 5.11 Å². The van der Waals surface area contributed by atoms with Crippen molar-refractivity contribution in [2.75, 3.05) is 6.54 Å². The van der Waals surface area contributed by atoms with Crippen LogP contribution in [0.4, 0.5) is 4.39 Å². The SMILES string of the molecule is O=C(O)[C@@H]1CCCN1S(=O)(=O)c1cc(F)ccc1Br. The highest BCUT2D eigenvalue weighted by Gasteiger charge is 2.40. The van der Waals surface area contributed by atoms with Crippen molar-refractivity contribution in [3.8, 4) is 0 Å². The molecule has 19 heavy (non-hydrogen) atoms. The molecule has 0 aromatic heterocycles. The zero-order valence-electron chi connectivity index (χ0n) is 9.71. The Labute approximate surface area is 118 Å². The molecule has 0 unspecified atom stereocenters. The quantitative estimate of drug-likeness (QED) is 0.901. The first kappa shape index (κ1) is 14.4. The smallest absolute Gasteiger partial charge is 0.322 e. The zero-order chi connectivity index (χ0) is 14.2. The van der Waals surface area contributed by atoms with Crippen molar-refractivity contribution < 1.29 is 22.7 Å². The molecular formula is C11H11BrFNO4S. The molecule has 1 fully saturated rings. The zero-order valence-corrected chi connectivity index (χ0v) is 12.1. The maximum absolute atomic E-state index is 13.2. The van der Waals surface area contributed by atoms with E-state index in [2.05, 4.69) is 15.9 Å². The van der Waals surface area contributed by atoms with Gasteiger partial charge in [0.25, 0.3) is 0 Å². The van der Waals surface area contributed by atoms with Gasteiger partial charge in [-0.2, -0.15) is 4.31 Å².